The summed E-state index contributed by atoms with van der Waals surface area (Å²) < 4.78 is 0. The third kappa shape index (κ3) is 26.0. The van der Waals surface area contributed by atoms with Gasteiger partial charge in [-0.05, 0) is 51.4 Å². The molecule has 0 spiro atoms. The highest BCUT2D eigenvalue weighted by Gasteiger charge is 2.17. The molecule has 0 rings (SSSR count). The number of hydrogen-bond acceptors (Lipinski definition) is 3. The molecule has 0 saturated carbocycles. The second-order valence-corrected chi connectivity index (χ2v) is 10.5. The SMILES string of the molecule is CCCCC/C=C/C/C=C/CCCCCCCC(=O)N[C@@H](CO)[C@H](O)/C=C/CCCCCCCCCC. The fraction of sp³-hybridized carbons (Fsp3) is 0.788. The van der Waals surface area contributed by atoms with Gasteiger partial charge < -0.3 is 15.5 Å². The zero-order valence-corrected chi connectivity index (χ0v) is 24.5. The first-order chi connectivity index (χ1) is 18.2. The van der Waals surface area contributed by atoms with E-state index in [1.54, 1.807) is 6.08 Å². The van der Waals surface area contributed by atoms with Gasteiger partial charge in [-0.15, -0.1) is 0 Å². The molecule has 0 bridgehead atoms. The second-order valence-electron chi connectivity index (χ2n) is 10.5. The van der Waals surface area contributed by atoms with E-state index in [4.69, 9.17) is 0 Å². The third-order valence-electron chi connectivity index (χ3n) is 6.87. The lowest BCUT2D eigenvalue weighted by atomic mass is 10.1. The fourth-order valence-electron chi connectivity index (χ4n) is 4.38. The average Bonchev–Trinajstić information content (AvgIpc) is 2.90. The normalized spacial score (nSPS) is 13.7. The Morgan fingerprint density at radius 1 is 0.649 bits per heavy atom. The first-order valence-corrected chi connectivity index (χ1v) is 15.7. The molecule has 1 amide bonds. The molecule has 0 heterocycles. The van der Waals surface area contributed by atoms with Crippen LogP contribution in [-0.4, -0.2) is 34.9 Å². The smallest absolute Gasteiger partial charge is 0.220 e. The highest BCUT2D eigenvalue weighted by atomic mass is 16.3. The molecule has 0 saturated heterocycles. The van der Waals surface area contributed by atoms with Crippen LogP contribution in [0.5, 0.6) is 0 Å². The topological polar surface area (TPSA) is 69.6 Å². The van der Waals surface area contributed by atoms with Crippen LogP contribution in [0.15, 0.2) is 36.5 Å². The number of hydrogen-bond donors (Lipinski definition) is 3. The van der Waals surface area contributed by atoms with E-state index in [1.165, 1.54) is 83.5 Å². The number of carbonyl (C=O) groups is 1. The van der Waals surface area contributed by atoms with E-state index >= 15 is 0 Å². The summed E-state index contributed by atoms with van der Waals surface area (Å²) in [6, 6.07) is -0.625. The maximum atomic E-state index is 12.2. The Morgan fingerprint density at radius 2 is 1.11 bits per heavy atom. The minimum Gasteiger partial charge on any atom is -0.394 e. The Bertz CT molecular complexity index is 570. The number of rotatable bonds is 27. The van der Waals surface area contributed by atoms with Gasteiger partial charge in [0.15, 0.2) is 0 Å². The monoisotopic (exact) mass is 519 g/mol. The van der Waals surface area contributed by atoms with E-state index in [0.717, 1.165) is 44.9 Å². The van der Waals surface area contributed by atoms with E-state index in [0.29, 0.717) is 6.42 Å². The molecule has 0 unspecified atom stereocenters. The standard InChI is InChI=1S/C33H61NO3/c1-3-5-7-9-11-13-15-16-17-18-19-21-23-25-27-29-33(37)34-31(30-35)32(36)28-26-24-22-20-14-12-10-8-6-4-2/h11,13,16-17,26,28,31-32,35-36H,3-10,12,14-15,18-25,27,29-30H2,1-2H3,(H,34,37)/b13-11+,17-16+,28-26+/t31-,32+/m0/s1. The minimum absolute atomic E-state index is 0.0831. The predicted octanol–water partition coefficient (Wildman–Crippen LogP) is 8.72. The van der Waals surface area contributed by atoms with E-state index in [-0.39, 0.29) is 12.5 Å². The van der Waals surface area contributed by atoms with E-state index in [2.05, 4.69) is 43.5 Å². The Kier molecular flexibility index (Phi) is 28.1. The van der Waals surface area contributed by atoms with Crippen LogP contribution in [0.1, 0.15) is 149 Å². The minimum atomic E-state index is -0.840. The number of aliphatic hydroxyl groups excluding tert-OH is 2. The number of unbranched alkanes of at least 4 members (excludes halogenated alkanes) is 16. The molecule has 4 heteroatoms. The van der Waals surface area contributed by atoms with Gasteiger partial charge >= 0.3 is 0 Å². The molecule has 0 aliphatic carbocycles. The van der Waals surface area contributed by atoms with Gasteiger partial charge in [0.1, 0.15) is 0 Å². The first kappa shape index (κ1) is 35.6. The van der Waals surface area contributed by atoms with Crippen molar-refractivity contribution in [3.8, 4) is 0 Å². The molecule has 216 valence electrons. The lowest BCUT2D eigenvalue weighted by molar-refractivity contribution is -0.123. The lowest BCUT2D eigenvalue weighted by Gasteiger charge is -2.20. The van der Waals surface area contributed by atoms with Gasteiger partial charge in [-0.1, -0.05) is 127 Å². The molecule has 0 aromatic heterocycles. The molecule has 0 aliphatic rings. The van der Waals surface area contributed by atoms with Crippen molar-refractivity contribution in [1.29, 1.82) is 0 Å². The number of amides is 1. The van der Waals surface area contributed by atoms with Crippen LogP contribution in [0.2, 0.25) is 0 Å². The molecule has 0 aromatic carbocycles. The van der Waals surface area contributed by atoms with Crippen molar-refractivity contribution in [3.05, 3.63) is 36.5 Å². The Morgan fingerprint density at radius 3 is 1.68 bits per heavy atom. The van der Waals surface area contributed by atoms with Gasteiger partial charge in [0.05, 0.1) is 18.8 Å². The van der Waals surface area contributed by atoms with Gasteiger partial charge in [0.25, 0.3) is 0 Å². The number of allylic oxidation sites excluding steroid dienone is 5. The highest BCUT2D eigenvalue weighted by molar-refractivity contribution is 5.76. The van der Waals surface area contributed by atoms with Gasteiger partial charge in [-0.25, -0.2) is 0 Å². The molecule has 3 N–H and O–H groups in total. The van der Waals surface area contributed by atoms with Crippen molar-refractivity contribution in [1.82, 2.24) is 5.32 Å². The molecule has 0 fully saturated rings. The molecule has 0 radical (unpaired) electrons. The van der Waals surface area contributed by atoms with Crippen molar-refractivity contribution in [2.24, 2.45) is 0 Å². The number of nitrogens with one attached hydrogen (secondary N) is 1. The molecule has 2 atom stereocenters. The van der Waals surface area contributed by atoms with Crippen molar-refractivity contribution in [2.45, 2.75) is 161 Å². The van der Waals surface area contributed by atoms with Crippen LogP contribution in [0.3, 0.4) is 0 Å². The maximum absolute atomic E-state index is 12.2. The molecule has 4 nitrogen and oxygen atoms in total. The van der Waals surface area contributed by atoms with Crippen LogP contribution in [-0.2, 0) is 4.79 Å². The van der Waals surface area contributed by atoms with Crippen molar-refractivity contribution in [3.63, 3.8) is 0 Å². The predicted molar refractivity (Wildman–Crippen MR) is 161 cm³/mol. The summed E-state index contributed by atoms with van der Waals surface area (Å²) in [5, 5.41) is 22.7. The Hall–Kier alpha value is -1.39. The van der Waals surface area contributed by atoms with Gasteiger partial charge in [0.2, 0.25) is 5.91 Å². The lowest BCUT2D eigenvalue weighted by Crippen LogP contribution is -2.45. The van der Waals surface area contributed by atoms with Crippen LogP contribution >= 0.6 is 0 Å². The van der Waals surface area contributed by atoms with Gasteiger partial charge in [-0.3, -0.25) is 4.79 Å². The summed E-state index contributed by atoms with van der Waals surface area (Å²) in [7, 11) is 0. The number of carbonyl (C=O) groups excluding carboxylic acids is 1. The molecule has 0 aromatic rings. The van der Waals surface area contributed by atoms with Crippen LogP contribution in [0.25, 0.3) is 0 Å². The number of aliphatic hydroxyl groups is 2. The molecule has 0 aliphatic heterocycles. The third-order valence-corrected chi connectivity index (χ3v) is 6.87. The van der Waals surface area contributed by atoms with E-state index in [1.807, 2.05) is 6.08 Å². The second kappa shape index (κ2) is 29.2. The van der Waals surface area contributed by atoms with Crippen LogP contribution in [0, 0.1) is 0 Å². The van der Waals surface area contributed by atoms with E-state index < -0.39 is 12.1 Å². The Labute approximate surface area is 230 Å². The maximum Gasteiger partial charge on any atom is 0.220 e. The summed E-state index contributed by atoms with van der Waals surface area (Å²) in [5.41, 5.74) is 0. The van der Waals surface area contributed by atoms with Gasteiger partial charge in [-0.2, -0.15) is 0 Å². The average molecular weight is 520 g/mol. The summed E-state index contributed by atoms with van der Waals surface area (Å²) >= 11 is 0. The van der Waals surface area contributed by atoms with Crippen molar-refractivity contribution in [2.75, 3.05) is 6.61 Å². The Balaban J connectivity index is 3.72. The highest BCUT2D eigenvalue weighted by Crippen LogP contribution is 2.11. The van der Waals surface area contributed by atoms with Gasteiger partial charge in [0, 0.05) is 6.42 Å². The van der Waals surface area contributed by atoms with Crippen LogP contribution in [0.4, 0.5) is 0 Å². The van der Waals surface area contributed by atoms with Crippen molar-refractivity contribution >= 4 is 5.91 Å². The summed E-state index contributed by atoms with van der Waals surface area (Å²) in [6.45, 7) is 4.23. The summed E-state index contributed by atoms with van der Waals surface area (Å²) in [5.74, 6) is -0.0831. The largest absolute Gasteiger partial charge is 0.394 e. The fourth-order valence-corrected chi connectivity index (χ4v) is 4.38. The van der Waals surface area contributed by atoms with Crippen LogP contribution < -0.4 is 5.32 Å². The molecular weight excluding hydrogens is 458 g/mol. The quantitative estimate of drug-likeness (QED) is 0.0750. The van der Waals surface area contributed by atoms with Crippen molar-refractivity contribution < 1.29 is 15.0 Å². The van der Waals surface area contributed by atoms with E-state index in [9.17, 15) is 15.0 Å². The zero-order chi connectivity index (χ0) is 27.2. The molecule has 37 heavy (non-hydrogen) atoms. The molecular formula is C33H61NO3. The summed E-state index contributed by atoms with van der Waals surface area (Å²) in [4.78, 5) is 12.2. The zero-order valence-electron chi connectivity index (χ0n) is 24.5. The first-order valence-electron chi connectivity index (χ1n) is 15.7. The summed E-state index contributed by atoms with van der Waals surface area (Å²) in [6.07, 6.45) is 36.4.